The molecule has 2 heterocycles. The van der Waals surface area contributed by atoms with Crippen LogP contribution in [0.5, 0.6) is 0 Å². The summed E-state index contributed by atoms with van der Waals surface area (Å²) in [6.07, 6.45) is 3.41. The van der Waals surface area contributed by atoms with Crippen LogP contribution in [0.25, 0.3) is 0 Å². The molecule has 0 N–H and O–H groups in total. The lowest BCUT2D eigenvalue weighted by atomic mass is 9.85. The second-order valence-electron chi connectivity index (χ2n) is 6.08. The number of rotatable bonds is 5. The Bertz CT molecular complexity index is 612. The van der Waals surface area contributed by atoms with Crippen molar-refractivity contribution in [2.45, 2.75) is 37.8 Å². The number of piperidine rings is 1. The van der Waals surface area contributed by atoms with Gasteiger partial charge in [-0.3, -0.25) is 9.69 Å². The van der Waals surface area contributed by atoms with Gasteiger partial charge >= 0.3 is 5.97 Å². The zero-order valence-electron chi connectivity index (χ0n) is 13.5. The van der Waals surface area contributed by atoms with Crippen LogP contribution in [0.3, 0.4) is 0 Å². The van der Waals surface area contributed by atoms with Crippen LogP contribution in [-0.4, -0.2) is 30.6 Å². The predicted molar refractivity (Wildman–Crippen MR) is 93.6 cm³/mol. The molecule has 2 atom stereocenters. The minimum atomic E-state index is -0.208. The largest absolute Gasteiger partial charge is 0.469 e. The Morgan fingerprint density at radius 1 is 1.30 bits per heavy atom. The Labute approximate surface area is 141 Å². The SMILES string of the molecule is COC(=O)[C@H](c1ccccc1)[C@H]1CCCCN1Cc1ccsc1. The first-order chi connectivity index (χ1) is 11.3. The Hall–Kier alpha value is -1.65. The maximum Gasteiger partial charge on any atom is 0.314 e. The molecule has 3 rings (SSSR count). The summed E-state index contributed by atoms with van der Waals surface area (Å²) in [7, 11) is 1.49. The van der Waals surface area contributed by atoms with E-state index >= 15 is 0 Å². The lowest BCUT2D eigenvalue weighted by molar-refractivity contribution is -0.144. The average Bonchev–Trinajstić information content (AvgIpc) is 3.10. The van der Waals surface area contributed by atoms with Crippen LogP contribution in [0.2, 0.25) is 0 Å². The van der Waals surface area contributed by atoms with Crippen LogP contribution >= 0.6 is 11.3 Å². The van der Waals surface area contributed by atoms with Crippen molar-refractivity contribution in [3.63, 3.8) is 0 Å². The van der Waals surface area contributed by atoms with E-state index < -0.39 is 0 Å². The van der Waals surface area contributed by atoms with Gasteiger partial charge in [-0.05, 0) is 47.3 Å². The number of benzene rings is 1. The van der Waals surface area contributed by atoms with Gasteiger partial charge in [-0.1, -0.05) is 36.8 Å². The number of ether oxygens (including phenoxy) is 1. The van der Waals surface area contributed by atoms with Gasteiger partial charge in [0, 0.05) is 12.6 Å². The third-order valence-electron chi connectivity index (χ3n) is 4.63. The molecule has 0 bridgehead atoms. The molecule has 1 aliphatic rings. The predicted octanol–water partition coefficient (Wildman–Crippen LogP) is 4.06. The number of thiophene rings is 1. The summed E-state index contributed by atoms with van der Waals surface area (Å²) in [4.78, 5) is 15.0. The minimum Gasteiger partial charge on any atom is -0.469 e. The Balaban J connectivity index is 1.87. The summed E-state index contributed by atoms with van der Waals surface area (Å²) in [5, 5.41) is 4.31. The summed E-state index contributed by atoms with van der Waals surface area (Å²) < 4.78 is 5.14. The number of nitrogens with zero attached hydrogens (tertiary/aromatic N) is 1. The van der Waals surface area contributed by atoms with Gasteiger partial charge in [-0.15, -0.1) is 0 Å². The molecule has 3 nitrogen and oxygen atoms in total. The van der Waals surface area contributed by atoms with Gasteiger partial charge in [0.15, 0.2) is 0 Å². The molecule has 4 heteroatoms. The zero-order valence-corrected chi connectivity index (χ0v) is 14.3. The fraction of sp³-hybridized carbons (Fsp3) is 0.421. The third-order valence-corrected chi connectivity index (χ3v) is 5.36. The van der Waals surface area contributed by atoms with Crippen LogP contribution in [0.15, 0.2) is 47.2 Å². The molecule has 0 amide bonds. The van der Waals surface area contributed by atoms with Gasteiger partial charge in [0.25, 0.3) is 0 Å². The molecular weight excluding hydrogens is 306 g/mol. The maximum absolute atomic E-state index is 12.5. The fourth-order valence-corrected chi connectivity index (χ4v) is 4.17. The van der Waals surface area contributed by atoms with E-state index in [0.29, 0.717) is 0 Å². The van der Waals surface area contributed by atoms with Crippen molar-refractivity contribution in [1.29, 1.82) is 0 Å². The summed E-state index contributed by atoms with van der Waals surface area (Å²) in [6.45, 7) is 1.95. The van der Waals surface area contributed by atoms with Gasteiger partial charge < -0.3 is 4.74 Å². The van der Waals surface area contributed by atoms with E-state index in [9.17, 15) is 4.79 Å². The monoisotopic (exact) mass is 329 g/mol. The number of likely N-dealkylation sites (tertiary alicyclic amines) is 1. The highest BCUT2D eigenvalue weighted by atomic mass is 32.1. The summed E-state index contributed by atoms with van der Waals surface area (Å²) >= 11 is 1.73. The molecule has 0 saturated carbocycles. The molecule has 1 fully saturated rings. The third kappa shape index (κ3) is 3.82. The molecule has 1 aromatic heterocycles. The van der Waals surface area contributed by atoms with Crippen molar-refractivity contribution in [2.24, 2.45) is 0 Å². The molecule has 23 heavy (non-hydrogen) atoms. The highest BCUT2D eigenvalue weighted by Gasteiger charge is 2.36. The van der Waals surface area contributed by atoms with E-state index in [0.717, 1.165) is 25.1 Å². The molecule has 1 saturated heterocycles. The van der Waals surface area contributed by atoms with Crippen molar-refractivity contribution in [2.75, 3.05) is 13.7 Å². The number of esters is 1. The molecule has 2 aromatic rings. The highest BCUT2D eigenvalue weighted by molar-refractivity contribution is 7.07. The van der Waals surface area contributed by atoms with E-state index in [1.54, 1.807) is 11.3 Å². The number of methoxy groups -OCH3 is 1. The zero-order chi connectivity index (χ0) is 16.1. The van der Waals surface area contributed by atoms with Crippen LogP contribution < -0.4 is 0 Å². The first kappa shape index (κ1) is 16.2. The first-order valence-corrected chi connectivity index (χ1v) is 9.12. The first-order valence-electron chi connectivity index (χ1n) is 8.17. The van der Waals surface area contributed by atoms with Gasteiger partial charge in [0.2, 0.25) is 0 Å². The van der Waals surface area contributed by atoms with Gasteiger partial charge in [-0.25, -0.2) is 0 Å². The smallest absolute Gasteiger partial charge is 0.314 e. The quantitative estimate of drug-likeness (QED) is 0.775. The topological polar surface area (TPSA) is 29.5 Å². The second kappa shape index (κ2) is 7.75. The molecule has 0 radical (unpaired) electrons. The molecule has 0 spiro atoms. The van der Waals surface area contributed by atoms with Crippen molar-refractivity contribution < 1.29 is 9.53 Å². The van der Waals surface area contributed by atoms with Crippen molar-refractivity contribution in [3.05, 3.63) is 58.3 Å². The molecule has 0 unspecified atom stereocenters. The molecule has 1 aliphatic heterocycles. The summed E-state index contributed by atoms with van der Waals surface area (Å²) in [6, 6.07) is 12.4. The Morgan fingerprint density at radius 3 is 2.83 bits per heavy atom. The Morgan fingerprint density at radius 2 is 2.13 bits per heavy atom. The fourth-order valence-electron chi connectivity index (χ4n) is 3.51. The molecule has 122 valence electrons. The van der Waals surface area contributed by atoms with Crippen LogP contribution in [-0.2, 0) is 16.1 Å². The van der Waals surface area contributed by atoms with Crippen LogP contribution in [0.4, 0.5) is 0 Å². The average molecular weight is 329 g/mol. The maximum atomic E-state index is 12.5. The van der Waals surface area contributed by atoms with E-state index in [-0.39, 0.29) is 17.9 Å². The molecule has 0 aliphatic carbocycles. The lowest BCUT2D eigenvalue weighted by Crippen LogP contribution is -2.45. The van der Waals surface area contributed by atoms with Gasteiger partial charge in [0.1, 0.15) is 0 Å². The molecular formula is C19H23NO2S. The standard InChI is InChI=1S/C19H23NO2S/c1-22-19(21)18(16-7-3-2-4-8-16)17-9-5-6-11-20(17)13-15-10-12-23-14-15/h2-4,7-8,10,12,14,17-18H,5-6,9,11,13H2,1H3/t17-,18-/m1/s1. The number of hydrogen-bond acceptors (Lipinski definition) is 4. The van der Waals surface area contributed by atoms with E-state index in [4.69, 9.17) is 4.74 Å². The molecule has 1 aromatic carbocycles. The van der Waals surface area contributed by atoms with E-state index in [1.165, 1.54) is 25.5 Å². The van der Waals surface area contributed by atoms with E-state index in [2.05, 4.69) is 21.7 Å². The Kier molecular flexibility index (Phi) is 5.47. The number of hydrogen-bond donors (Lipinski definition) is 0. The van der Waals surface area contributed by atoms with Crippen LogP contribution in [0.1, 0.15) is 36.3 Å². The normalized spacial score (nSPS) is 20.1. The van der Waals surface area contributed by atoms with Gasteiger partial charge in [0.05, 0.1) is 13.0 Å². The second-order valence-corrected chi connectivity index (χ2v) is 6.86. The number of carbonyl (C=O) groups excluding carboxylic acids is 1. The lowest BCUT2D eigenvalue weighted by Gasteiger charge is -2.39. The minimum absolute atomic E-state index is 0.126. The summed E-state index contributed by atoms with van der Waals surface area (Å²) in [5.41, 5.74) is 2.39. The van der Waals surface area contributed by atoms with Crippen molar-refractivity contribution >= 4 is 17.3 Å². The van der Waals surface area contributed by atoms with Crippen molar-refractivity contribution in [3.8, 4) is 0 Å². The van der Waals surface area contributed by atoms with Gasteiger partial charge in [-0.2, -0.15) is 11.3 Å². The van der Waals surface area contributed by atoms with E-state index in [1.807, 2.05) is 30.3 Å². The summed E-state index contributed by atoms with van der Waals surface area (Å²) in [5.74, 6) is -0.335. The highest BCUT2D eigenvalue weighted by Crippen LogP contribution is 2.32. The van der Waals surface area contributed by atoms with Crippen LogP contribution in [0, 0.1) is 0 Å². The number of carbonyl (C=O) groups is 1. The van der Waals surface area contributed by atoms with Crippen molar-refractivity contribution in [1.82, 2.24) is 4.90 Å².